The first-order valence-electron chi connectivity index (χ1n) is 8.05. The Kier molecular flexibility index (Phi) is 6.83. The summed E-state index contributed by atoms with van der Waals surface area (Å²) < 4.78 is 11.4. The van der Waals surface area contributed by atoms with Gasteiger partial charge in [-0.1, -0.05) is 18.9 Å². The highest BCUT2D eigenvalue weighted by Gasteiger charge is 2.13. The molecule has 21 heavy (non-hydrogen) atoms. The quantitative estimate of drug-likeness (QED) is 0.723. The summed E-state index contributed by atoms with van der Waals surface area (Å²) in [5.74, 6) is 1.72. The molecular formula is C17H27NO3. The third kappa shape index (κ3) is 5.21. The first-order chi connectivity index (χ1) is 10.3. The molecule has 4 heteroatoms. The molecule has 2 N–H and O–H groups in total. The van der Waals surface area contributed by atoms with Gasteiger partial charge < -0.3 is 19.9 Å². The Labute approximate surface area is 127 Å². The maximum Gasteiger partial charge on any atom is 0.161 e. The van der Waals surface area contributed by atoms with Gasteiger partial charge in [-0.3, -0.25) is 0 Å². The Morgan fingerprint density at radius 2 is 1.86 bits per heavy atom. The maximum absolute atomic E-state index is 8.74. The molecule has 1 aliphatic rings. The van der Waals surface area contributed by atoms with Crippen LogP contribution >= 0.6 is 0 Å². The Hall–Kier alpha value is -1.26. The van der Waals surface area contributed by atoms with Gasteiger partial charge in [0.25, 0.3) is 0 Å². The Morgan fingerprint density at radius 1 is 1.10 bits per heavy atom. The number of hydrogen-bond donors (Lipinski definition) is 2. The monoisotopic (exact) mass is 293 g/mol. The van der Waals surface area contributed by atoms with Gasteiger partial charge in [-0.05, 0) is 44.0 Å². The molecule has 1 heterocycles. The Morgan fingerprint density at radius 3 is 2.67 bits per heavy atom. The van der Waals surface area contributed by atoms with Gasteiger partial charge in [-0.15, -0.1) is 0 Å². The summed E-state index contributed by atoms with van der Waals surface area (Å²) in [7, 11) is 0. The van der Waals surface area contributed by atoms with Crippen LogP contribution in [0, 0.1) is 0 Å². The third-order valence-electron chi connectivity index (χ3n) is 3.81. The number of unbranched alkanes of at least 4 members (excludes halogenated alkanes) is 3. The first kappa shape index (κ1) is 16.1. The van der Waals surface area contributed by atoms with E-state index in [2.05, 4.69) is 24.4 Å². The molecule has 1 atom stereocenters. The van der Waals surface area contributed by atoms with Gasteiger partial charge in [0, 0.05) is 19.1 Å². The highest BCUT2D eigenvalue weighted by atomic mass is 16.5. The van der Waals surface area contributed by atoms with Gasteiger partial charge in [0.1, 0.15) is 0 Å². The second-order valence-corrected chi connectivity index (χ2v) is 5.57. The van der Waals surface area contributed by atoms with Gasteiger partial charge in [-0.25, -0.2) is 0 Å². The van der Waals surface area contributed by atoms with E-state index in [0.717, 1.165) is 56.9 Å². The molecule has 2 rings (SSSR count). The first-order valence-corrected chi connectivity index (χ1v) is 8.05. The van der Waals surface area contributed by atoms with Crippen LogP contribution in [0.1, 0.15) is 50.6 Å². The average molecular weight is 293 g/mol. The fourth-order valence-corrected chi connectivity index (χ4v) is 2.48. The summed E-state index contributed by atoms with van der Waals surface area (Å²) in [4.78, 5) is 0. The minimum absolute atomic E-state index is 0.306. The summed E-state index contributed by atoms with van der Waals surface area (Å²) in [6.07, 6.45) is 5.27. The zero-order valence-electron chi connectivity index (χ0n) is 12.9. The van der Waals surface area contributed by atoms with Crippen molar-refractivity contribution in [1.82, 2.24) is 5.32 Å². The van der Waals surface area contributed by atoms with Crippen LogP contribution in [0.25, 0.3) is 0 Å². The molecule has 0 aromatic heterocycles. The lowest BCUT2D eigenvalue weighted by molar-refractivity contribution is 0.282. The molecule has 1 aliphatic heterocycles. The summed E-state index contributed by atoms with van der Waals surface area (Å²) >= 11 is 0. The van der Waals surface area contributed by atoms with Crippen LogP contribution in [0.15, 0.2) is 18.2 Å². The molecule has 1 aromatic carbocycles. The number of nitrogens with one attached hydrogen (secondary N) is 1. The summed E-state index contributed by atoms with van der Waals surface area (Å²) in [6.45, 7) is 4.94. The lowest BCUT2D eigenvalue weighted by Crippen LogP contribution is -2.19. The largest absolute Gasteiger partial charge is 0.490 e. The van der Waals surface area contributed by atoms with Crippen LogP contribution < -0.4 is 14.8 Å². The van der Waals surface area contributed by atoms with E-state index in [9.17, 15) is 0 Å². The van der Waals surface area contributed by atoms with Crippen molar-refractivity contribution in [1.29, 1.82) is 0 Å². The number of aliphatic hydroxyl groups excluding tert-OH is 1. The van der Waals surface area contributed by atoms with Crippen molar-refractivity contribution < 1.29 is 14.6 Å². The van der Waals surface area contributed by atoms with E-state index in [4.69, 9.17) is 14.6 Å². The Bertz CT molecular complexity index is 422. The van der Waals surface area contributed by atoms with Gasteiger partial charge in [-0.2, -0.15) is 0 Å². The lowest BCUT2D eigenvalue weighted by Gasteiger charge is -2.16. The molecule has 0 aliphatic carbocycles. The number of fused-ring (bicyclic) bond motifs is 1. The predicted octanol–water partition coefficient (Wildman–Crippen LogP) is 3.05. The molecule has 4 nitrogen and oxygen atoms in total. The van der Waals surface area contributed by atoms with E-state index in [1.807, 2.05) is 6.07 Å². The fraction of sp³-hybridized carbons (Fsp3) is 0.647. The van der Waals surface area contributed by atoms with E-state index in [0.29, 0.717) is 12.6 Å². The van der Waals surface area contributed by atoms with Crippen LogP contribution in [0.2, 0.25) is 0 Å². The van der Waals surface area contributed by atoms with Gasteiger partial charge in [0.15, 0.2) is 11.5 Å². The van der Waals surface area contributed by atoms with Gasteiger partial charge in [0.2, 0.25) is 0 Å². The third-order valence-corrected chi connectivity index (χ3v) is 3.81. The van der Waals surface area contributed by atoms with Crippen LogP contribution in [0.4, 0.5) is 0 Å². The smallest absolute Gasteiger partial charge is 0.161 e. The van der Waals surface area contributed by atoms with Gasteiger partial charge in [0.05, 0.1) is 13.2 Å². The number of benzene rings is 1. The zero-order chi connectivity index (χ0) is 14.9. The van der Waals surface area contributed by atoms with Crippen molar-refractivity contribution in [3.63, 3.8) is 0 Å². The molecule has 118 valence electrons. The van der Waals surface area contributed by atoms with Gasteiger partial charge >= 0.3 is 0 Å². The second kappa shape index (κ2) is 8.90. The maximum atomic E-state index is 8.74. The standard InChI is InChI=1S/C17H27NO3/c1-14(18-9-4-2-3-5-10-19)15-7-8-16-17(13-15)21-12-6-11-20-16/h7-8,13-14,18-19H,2-6,9-12H2,1H3. The number of aliphatic hydroxyl groups is 1. The van der Waals surface area contributed by atoms with E-state index >= 15 is 0 Å². The van der Waals surface area contributed by atoms with Crippen LogP contribution in [0.3, 0.4) is 0 Å². The van der Waals surface area contributed by atoms with Crippen LogP contribution in [-0.4, -0.2) is 31.5 Å². The molecule has 0 amide bonds. The Balaban J connectivity index is 1.79. The molecule has 1 aromatic rings. The number of ether oxygens (including phenoxy) is 2. The van der Waals surface area contributed by atoms with Crippen molar-refractivity contribution in [2.24, 2.45) is 0 Å². The SMILES string of the molecule is CC(NCCCCCCO)c1ccc2c(c1)OCCCO2. The molecule has 1 unspecified atom stereocenters. The zero-order valence-corrected chi connectivity index (χ0v) is 12.9. The van der Waals surface area contributed by atoms with Crippen molar-refractivity contribution in [3.05, 3.63) is 23.8 Å². The van der Waals surface area contributed by atoms with E-state index in [1.54, 1.807) is 0 Å². The normalized spacial score (nSPS) is 15.5. The highest BCUT2D eigenvalue weighted by molar-refractivity contribution is 5.44. The van der Waals surface area contributed by atoms with Crippen molar-refractivity contribution in [3.8, 4) is 11.5 Å². The molecular weight excluding hydrogens is 266 g/mol. The summed E-state index contributed by atoms with van der Waals surface area (Å²) in [5.41, 5.74) is 1.23. The average Bonchev–Trinajstić information content (AvgIpc) is 2.75. The van der Waals surface area contributed by atoms with E-state index in [-0.39, 0.29) is 0 Å². The minimum Gasteiger partial charge on any atom is -0.490 e. The van der Waals surface area contributed by atoms with Crippen molar-refractivity contribution >= 4 is 0 Å². The molecule has 0 radical (unpaired) electrons. The minimum atomic E-state index is 0.306. The molecule has 0 saturated carbocycles. The number of rotatable bonds is 8. The molecule has 0 bridgehead atoms. The summed E-state index contributed by atoms with van der Waals surface area (Å²) in [6, 6.07) is 6.51. The van der Waals surface area contributed by atoms with Crippen LogP contribution in [-0.2, 0) is 0 Å². The fourth-order valence-electron chi connectivity index (χ4n) is 2.48. The summed E-state index contributed by atoms with van der Waals surface area (Å²) in [5, 5.41) is 12.3. The van der Waals surface area contributed by atoms with E-state index in [1.165, 1.54) is 12.0 Å². The molecule has 0 saturated heterocycles. The lowest BCUT2D eigenvalue weighted by atomic mass is 10.1. The second-order valence-electron chi connectivity index (χ2n) is 5.57. The van der Waals surface area contributed by atoms with Crippen molar-refractivity contribution in [2.45, 2.75) is 45.1 Å². The van der Waals surface area contributed by atoms with E-state index < -0.39 is 0 Å². The van der Waals surface area contributed by atoms with Crippen molar-refractivity contribution in [2.75, 3.05) is 26.4 Å². The van der Waals surface area contributed by atoms with Crippen LogP contribution in [0.5, 0.6) is 11.5 Å². The number of hydrogen-bond acceptors (Lipinski definition) is 4. The molecule has 0 fully saturated rings. The predicted molar refractivity (Wildman–Crippen MR) is 84.0 cm³/mol. The topological polar surface area (TPSA) is 50.7 Å². The highest BCUT2D eigenvalue weighted by Crippen LogP contribution is 2.32. The molecule has 0 spiro atoms.